The van der Waals surface area contributed by atoms with Crippen molar-refractivity contribution in [3.8, 4) is 5.75 Å². The number of amides is 5. The number of ketones is 4. The molecule has 25 nitrogen and oxygen atoms in total. The zero-order valence-corrected chi connectivity index (χ0v) is 53.9. The number of aromatic nitrogens is 1. The number of unbranched alkanes of at least 4 members (excludes halogenated alkanes) is 3. The van der Waals surface area contributed by atoms with Crippen LogP contribution in [0.4, 0.5) is 13.2 Å². The summed E-state index contributed by atoms with van der Waals surface area (Å²) in [5.41, 5.74) is 6.61. The number of benzene rings is 4. The molecule has 4 aromatic carbocycles. The van der Waals surface area contributed by atoms with Gasteiger partial charge in [0.05, 0.1) is 37.1 Å². The van der Waals surface area contributed by atoms with Gasteiger partial charge in [0.2, 0.25) is 33.7 Å². The molecule has 96 heavy (non-hydrogen) atoms. The number of para-hydroxylation sites is 1. The molecular formula is C67H80F3N7O18S. The van der Waals surface area contributed by atoms with Gasteiger partial charge in [-0.1, -0.05) is 43.2 Å². The highest BCUT2D eigenvalue weighted by atomic mass is 32.2. The van der Waals surface area contributed by atoms with Gasteiger partial charge in [0.15, 0.2) is 17.3 Å². The second kappa shape index (κ2) is 38.0. The number of halogens is 3. The zero-order valence-electron chi connectivity index (χ0n) is 53.1. The third-order valence-corrected chi connectivity index (χ3v) is 17.4. The average molecular weight is 1360 g/mol. The molecule has 518 valence electrons. The number of hydrogen-bond donors (Lipinski definition) is 10. The molecule has 0 aliphatic rings. The number of nitrogens with two attached hydrogens (primary N) is 1. The third kappa shape index (κ3) is 25.6. The number of aliphatic carboxylic acids is 3. The number of methoxy groups -OCH3 is 1. The molecule has 0 aliphatic heterocycles. The minimum absolute atomic E-state index is 0.0413. The SMILES string of the molecule is COc1ccc(S(=O)(=O)N[C@H](CC(=O)O)C(=O)C[C@@H](CCC(=O)O)C(=O)NCC(=O)C[C@@H](Cc2cccc(F)c2)C(=O)N[C@@H](Cc2c[nH]c3ccccc23)C(=O)C[C@@H](CCC(=O)O)C(=O)NCCCCCC(=O)C[C@@H](CCCCNC(=O)c2c(F)cc(C)cc2F)C(N)=O)cc1. The van der Waals surface area contributed by atoms with Gasteiger partial charge in [-0.2, -0.15) is 0 Å². The third-order valence-electron chi connectivity index (χ3n) is 16.0. The van der Waals surface area contributed by atoms with Crippen LogP contribution >= 0.6 is 0 Å². The van der Waals surface area contributed by atoms with E-state index >= 15 is 0 Å². The Morgan fingerprint density at radius 3 is 1.80 bits per heavy atom. The summed E-state index contributed by atoms with van der Waals surface area (Å²) in [5, 5.41) is 39.7. The summed E-state index contributed by atoms with van der Waals surface area (Å²) in [5.74, 6) is -18.9. The number of hydrogen-bond acceptors (Lipinski definition) is 15. The Bertz CT molecular complexity index is 3710. The van der Waals surface area contributed by atoms with E-state index in [0.29, 0.717) is 54.1 Å². The molecule has 0 spiro atoms. The fourth-order valence-corrected chi connectivity index (χ4v) is 12.0. The minimum atomic E-state index is -4.56. The van der Waals surface area contributed by atoms with Crippen LogP contribution in [-0.2, 0) is 75.6 Å². The first-order chi connectivity index (χ1) is 45.5. The summed E-state index contributed by atoms with van der Waals surface area (Å²) < 4.78 is 76.7. The first-order valence-electron chi connectivity index (χ1n) is 31.1. The Morgan fingerprint density at radius 2 is 1.19 bits per heavy atom. The summed E-state index contributed by atoms with van der Waals surface area (Å²) in [4.78, 5) is 160. The highest BCUT2D eigenvalue weighted by Gasteiger charge is 2.35. The number of ether oxygens (including phenoxy) is 1. The van der Waals surface area contributed by atoms with E-state index in [0.717, 1.165) is 36.4 Å². The van der Waals surface area contributed by atoms with Crippen molar-refractivity contribution in [3.05, 3.63) is 131 Å². The van der Waals surface area contributed by atoms with Crippen molar-refractivity contribution in [2.75, 3.05) is 26.7 Å². The number of carbonyl (C=O) groups excluding carboxylic acids is 9. The normalized spacial score (nSPS) is 13.2. The number of rotatable bonds is 45. The van der Waals surface area contributed by atoms with Crippen LogP contribution in [0, 0.1) is 48.0 Å². The predicted molar refractivity (Wildman–Crippen MR) is 341 cm³/mol. The Balaban J connectivity index is 1.23. The van der Waals surface area contributed by atoms with E-state index in [1.165, 1.54) is 38.3 Å². The van der Waals surface area contributed by atoms with E-state index in [1.54, 1.807) is 30.5 Å². The Kier molecular flexibility index (Phi) is 30.5. The van der Waals surface area contributed by atoms with E-state index in [-0.39, 0.29) is 73.6 Å². The Hall–Kier alpha value is -9.64. The molecule has 0 saturated heterocycles. The number of H-pyrrole nitrogens is 1. The maximum absolute atomic E-state index is 14.7. The highest BCUT2D eigenvalue weighted by Crippen LogP contribution is 2.25. The number of sulfonamides is 1. The van der Waals surface area contributed by atoms with Crippen molar-refractivity contribution < 1.29 is 99.2 Å². The smallest absolute Gasteiger partial charge is 0.305 e. The van der Waals surface area contributed by atoms with E-state index in [4.69, 9.17) is 10.5 Å². The van der Waals surface area contributed by atoms with Gasteiger partial charge >= 0.3 is 17.9 Å². The van der Waals surface area contributed by atoms with Crippen LogP contribution in [0.15, 0.2) is 96.0 Å². The second-order valence-electron chi connectivity index (χ2n) is 23.5. The summed E-state index contributed by atoms with van der Waals surface area (Å²) in [6.07, 6.45) is -2.25. The lowest BCUT2D eigenvalue weighted by Crippen LogP contribution is -2.47. The predicted octanol–water partition coefficient (Wildman–Crippen LogP) is 5.90. The number of Topliss-reactive ketones (excluding diaryl/α,β-unsaturated/α-hetero) is 4. The number of aryl methyl sites for hydroxylation is 1. The summed E-state index contributed by atoms with van der Waals surface area (Å²) in [6.45, 7) is 0.734. The van der Waals surface area contributed by atoms with Gasteiger partial charge in [-0.15, -0.1) is 0 Å². The molecular weight excluding hydrogens is 1280 g/mol. The van der Waals surface area contributed by atoms with Crippen molar-refractivity contribution in [3.63, 3.8) is 0 Å². The van der Waals surface area contributed by atoms with Gasteiger partial charge in [0.1, 0.15) is 34.5 Å². The van der Waals surface area contributed by atoms with Crippen LogP contribution < -0.4 is 36.5 Å². The van der Waals surface area contributed by atoms with E-state index in [1.807, 2.05) is 4.72 Å². The molecule has 5 aromatic rings. The Morgan fingerprint density at radius 1 is 0.583 bits per heavy atom. The molecule has 0 fully saturated rings. The summed E-state index contributed by atoms with van der Waals surface area (Å²) >= 11 is 0. The lowest BCUT2D eigenvalue weighted by molar-refractivity contribution is -0.140. The maximum atomic E-state index is 14.7. The van der Waals surface area contributed by atoms with Crippen LogP contribution in [0.5, 0.6) is 5.75 Å². The molecule has 0 unspecified atom stereocenters. The molecule has 1 heterocycles. The number of carboxylic acids is 3. The number of nitrogens with one attached hydrogen (secondary N) is 6. The number of carbonyl (C=O) groups is 12. The van der Waals surface area contributed by atoms with Crippen molar-refractivity contribution in [2.24, 2.45) is 29.4 Å². The lowest BCUT2D eigenvalue weighted by Gasteiger charge is -2.24. The average Bonchev–Trinajstić information content (AvgIpc) is 1.53. The van der Waals surface area contributed by atoms with Crippen LogP contribution in [-0.4, -0.2) is 138 Å². The van der Waals surface area contributed by atoms with Crippen LogP contribution in [0.25, 0.3) is 10.9 Å². The molecule has 6 atom stereocenters. The summed E-state index contributed by atoms with van der Waals surface area (Å²) in [7, 11) is -3.22. The van der Waals surface area contributed by atoms with Gasteiger partial charge in [0.25, 0.3) is 5.91 Å². The topological polar surface area (TPSA) is 411 Å². The molecule has 0 aliphatic carbocycles. The molecule has 5 rings (SSSR count). The van der Waals surface area contributed by atoms with Gasteiger partial charge in [0, 0.05) is 105 Å². The van der Waals surface area contributed by atoms with E-state index in [2.05, 4.69) is 26.3 Å². The molecule has 0 radical (unpaired) electrons. The van der Waals surface area contributed by atoms with Crippen molar-refractivity contribution in [1.82, 2.24) is 31.0 Å². The quantitative estimate of drug-likeness (QED) is 0.0203. The highest BCUT2D eigenvalue weighted by molar-refractivity contribution is 7.89. The largest absolute Gasteiger partial charge is 0.497 e. The van der Waals surface area contributed by atoms with Crippen LogP contribution in [0.1, 0.15) is 130 Å². The number of fused-ring (bicyclic) bond motifs is 1. The number of carboxylic acid groups (broad SMARTS) is 3. The van der Waals surface area contributed by atoms with E-state index < -0.39 is 185 Å². The first kappa shape index (κ1) is 77.1. The molecule has 5 amide bonds. The first-order valence-corrected chi connectivity index (χ1v) is 32.6. The molecule has 11 N–H and O–H groups in total. The molecule has 0 bridgehead atoms. The Labute approximate surface area is 551 Å². The summed E-state index contributed by atoms with van der Waals surface area (Å²) in [6, 6.07) is 15.6. The van der Waals surface area contributed by atoms with Gasteiger partial charge < -0.3 is 52.0 Å². The fraction of sp³-hybridized carbons (Fsp3) is 0.433. The van der Waals surface area contributed by atoms with Crippen LogP contribution in [0.2, 0.25) is 0 Å². The lowest BCUT2D eigenvalue weighted by atomic mass is 9.89. The van der Waals surface area contributed by atoms with Gasteiger partial charge in [-0.3, -0.25) is 57.5 Å². The molecule has 0 saturated carbocycles. The van der Waals surface area contributed by atoms with E-state index in [9.17, 15) is 94.4 Å². The monoisotopic (exact) mass is 1360 g/mol. The zero-order chi connectivity index (χ0) is 70.6. The number of primary amides is 1. The van der Waals surface area contributed by atoms with Gasteiger partial charge in [-0.25, -0.2) is 26.3 Å². The second-order valence-corrected chi connectivity index (χ2v) is 25.2. The van der Waals surface area contributed by atoms with Crippen molar-refractivity contribution in [2.45, 2.75) is 139 Å². The van der Waals surface area contributed by atoms with Crippen molar-refractivity contribution in [1.29, 1.82) is 0 Å². The maximum Gasteiger partial charge on any atom is 0.305 e. The standard InChI is InChI=1S/C67H80F3N7O18S/c1-39-27-52(69)62(53(70)28-39)67(92)73-26-9-7-12-41(63(71)88)31-47(78)14-4-3-8-25-72-64(89)42(17-23-59(82)83)34-57(80)55(33-45-37-74-54-16-6-5-15-51(45)54)76-66(91)44(29-40-11-10-13-46(68)30-40)32-48(79)38-75-65(90)43(18-24-60(84)85)35-58(81)56(36-61(86)87)77-96(93,94)50-21-19-49(95-2)20-22-50/h5-6,10-11,13,15-16,19-22,27-28,30,37,41-44,55-56,74,77H,3-4,7-9,12,14,17-18,23-26,29,31-36,38H2,1-2H3,(H2,71,88)(H,72,89)(H,73,92)(H,75,90)(H,76,91)(H,82,83)(H,84,85)(H,86,87)/t41-,42-,43-,44-,55+,56-/m1/s1. The van der Waals surface area contributed by atoms with Crippen molar-refractivity contribution >= 4 is 91.5 Å². The minimum Gasteiger partial charge on any atom is -0.497 e. The number of aromatic amines is 1. The van der Waals surface area contributed by atoms with Gasteiger partial charge in [-0.05, 0) is 123 Å². The molecule has 29 heteroatoms. The molecule has 1 aromatic heterocycles. The fourth-order valence-electron chi connectivity index (χ4n) is 10.8. The van der Waals surface area contributed by atoms with Crippen LogP contribution in [0.3, 0.4) is 0 Å².